The molecule has 1 aliphatic rings. The Hall–Kier alpha value is -9.71. The second-order valence-electron chi connectivity index (χ2n) is 33.1. The van der Waals surface area contributed by atoms with Crippen LogP contribution in [0.3, 0.4) is 0 Å². The number of ether oxygens (including phenoxy) is 7. The van der Waals surface area contributed by atoms with E-state index in [0.717, 1.165) is 36.6 Å². The van der Waals surface area contributed by atoms with Crippen LogP contribution in [0.4, 0.5) is 0 Å². The molecule has 0 radical (unpaired) electrons. The highest BCUT2D eigenvalue weighted by Gasteiger charge is 2.32. The Morgan fingerprint density at radius 1 is 0.425 bits per heavy atom. The molecule has 0 amide bonds. The van der Waals surface area contributed by atoms with E-state index in [1.807, 2.05) is 113 Å². The van der Waals surface area contributed by atoms with Crippen LogP contribution in [-0.4, -0.2) is 93.1 Å². The lowest BCUT2D eigenvalue weighted by Gasteiger charge is -2.32. The molecule has 668 valence electrons. The minimum Gasteiger partial charge on any atom is -0.497 e. The fourth-order valence-corrected chi connectivity index (χ4v) is 10.8. The maximum absolute atomic E-state index is 11.0. The third kappa shape index (κ3) is 65.2. The summed E-state index contributed by atoms with van der Waals surface area (Å²) < 4.78 is 33.2. The standard InChI is InChI=1S/C20H18.C16H14O2.C9H10O2.C9H12O.C8H18O2Si.C8H10.C7H18Si.C6H12O2.C5H8O2.C5H12.C5H10.C3H6O2.C2H6.2CH4/c1-20(17-11-5-2-6-12-17,18-13-7-3-8-14-18)19-15-9-4-10-16-19;1-11(17)18-10-16-14-8-4-2-6-12(14)13-7-3-5-9-15(13)16;1-8(10)11-7-9-5-3-2-4-6-9;1-3-8-4-6-9(10-2)7-5-8;1-7(9)10-5-6-11-8(2,3)4;1-2-8-6-4-3-5-7-8;1-7(2,3)8(4,5)6;1-5(7)8-6(2,3)4;1-3-4-7-5(2)6;1-5(2,3)4;1-3-5-4-2;1-3(4)5-2;1-2;;/h2-16H,1H3;2-9,16H,10H2,1H3;2-6H,7H2,1H3;4-7H,3H2,1-2H3;5-6,11H2,1-4H3;3-7H,2H2,1H3;1-6H3;1-4H3;3H,1,4H2,2H3;1-4H3;3H,1,4-5H2,2H3;1-2H3;1-2H3;2*1H4. The first-order chi connectivity index (χ1) is 55.2. The van der Waals surface area contributed by atoms with Gasteiger partial charge in [0.15, 0.2) is 0 Å². The largest absolute Gasteiger partial charge is 0.497 e. The molecule has 0 N–H and O–H groups in total. The Bertz CT molecular complexity index is 3720. The van der Waals surface area contributed by atoms with Crippen LogP contribution in [0.5, 0.6) is 5.75 Å². The molecule has 0 saturated carbocycles. The molecule has 8 aromatic rings. The molecule has 0 saturated heterocycles. The molecule has 13 nitrogen and oxygen atoms in total. The van der Waals surface area contributed by atoms with E-state index in [0.29, 0.717) is 41.9 Å². The topological polar surface area (TPSA) is 167 Å². The SMILES string of the molecule is C.C.C=CCCC.C=CCOC(C)=O.CC.CC(=O)OC(C)(C)C.CC(=O)OCC1c2ccccc2-c2ccccc21.CC(=O)OCC[SiH2]C(C)(C)C.CC(=O)OCc1ccccc1.CC(C)(C)C.CC(C)(C)[Si](C)(C)C.CC(c1ccccc1)(c1ccccc1)c1ccccc1.CCc1ccc(OC)cc1.CCc1ccccc1.COC(C)=O. The Kier molecular flexibility index (Phi) is 69.6. The average Bonchev–Trinajstić information content (AvgIpc) is 1.60. The number of benzene rings is 8. The average molecular weight is 1690 g/mol. The minimum atomic E-state index is -0.859. The Morgan fingerprint density at radius 3 is 0.992 bits per heavy atom. The van der Waals surface area contributed by atoms with E-state index in [-0.39, 0.29) is 77.1 Å². The van der Waals surface area contributed by atoms with Gasteiger partial charge in [-0.25, -0.2) is 0 Å². The molecule has 0 heterocycles. The smallest absolute Gasteiger partial charge is 0.303 e. The molecule has 0 bridgehead atoms. The third-order valence-corrected chi connectivity index (χ3v) is 23.5. The number of methoxy groups -OCH3 is 2. The molecule has 15 heteroatoms. The first-order valence-electron chi connectivity index (χ1n) is 41.3. The first kappa shape index (κ1) is 121. The van der Waals surface area contributed by atoms with Crippen LogP contribution >= 0.6 is 0 Å². The second kappa shape index (κ2) is 69.0. The highest BCUT2D eigenvalue weighted by molar-refractivity contribution is 6.78. The van der Waals surface area contributed by atoms with Gasteiger partial charge in [-0.2, -0.15) is 0 Å². The van der Waals surface area contributed by atoms with Gasteiger partial charge < -0.3 is 33.2 Å². The third-order valence-electron chi connectivity index (χ3n) is 16.8. The van der Waals surface area contributed by atoms with Crippen molar-refractivity contribution in [3.8, 4) is 16.9 Å². The second-order valence-corrected chi connectivity index (χ2v) is 42.5. The van der Waals surface area contributed by atoms with E-state index in [2.05, 4.69) is 291 Å². The molecular weight excluding hydrogens is 1530 g/mol. The molecule has 0 aromatic heterocycles. The van der Waals surface area contributed by atoms with E-state index < -0.39 is 8.07 Å². The number of unbranched alkanes of at least 4 members (excludes halogenated alkanes) is 1. The number of carbonyl (C=O) groups is 6. The Balaban J connectivity index is -0.000000303. The minimum absolute atomic E-state index is 0. The summed E-state index contributed by atoms with van der Waals surface area (Å²) in [6.45, 7) is 65.1. The number of allylic oxidation sites excluding steroid dienone is 1. The van der Waals surface area contributed by atoms with Gasteiger partial charge in [0.2, 0.25) is 0 Å². The molecule has 1 aliphatic carbocycles. The fourth-order valence-electron chi connectivity index (χ4n) is 9.42. The van der Waals surface area contributed by atoms with Gasteiger partial charge >= 0.3 is 35.8 Å². The molecule has 9 rings (SSSR count). The summed E-state index contributed by atoms with van der Waals surface area (Å²) in [6.07, 6.45) is 8.07. The summed E-state index contributed by atoms with van der Waals surface area (Å²) in [5.41, 5.74) is 12.8. The number of fused-ring (bicyclic) bond motifs is 3. The van der Waals surface area contributed by atoms with Crippen LogP contribution in [0.1, 0.15) is 251 Å². The van der Waals surface area contributed by atoms with Crippen LogP contribution in [0.15, 0.2) is 250 Å². The molecule has 120 heavy (non-hydrogen) atoms. The van der Waals surface area contributed by atoms with E-state index in [4.69, 9.17) is 23.7 Å². The van der Waals surface area contributed by atoms with Crippen molar-refractivity contribution in [3.05, 3.63) is 294 Å². The summed E-state index contributed by atoms with van der Waals surface area (Å²) >= 11 is 0. The molecule has 0 aliphatic heterocycles. The summed E-state index contributed by atoms with van der Waals surface area (Å²) in [6, 6.07) is 78.0. The Morgan fingerprint density at radius 2 is 0.750 bits per heavy atom. The van der Waals surface area contributed by atoms with Crippen molar-refractivity contribution in [2.75, 3.05) is 34.0 Å². The van der Waals surface area contributed by atoms with E-state index in [1.165, 1.54) is 111 Å². The molecular formula is C105H162O13Si2. The lowest BCUT2D eigenvalue weighted by atomic mass is 9.71. The van der Waals surface area contributed by atoms with Gasteiger partial charge in [-0.05, 0) is 136 Å². The van der Waals surface area contributed by atoms with Gasteiger partial charge in [-0.15, -0.1) is 6.58 Å². The summed E-state index contributed by atoms with van der Waals surface area (Å²) in [4.78, 5) is 61.5. The Labute approximate surface area is 734 Å². The van der Waals surface area contributed by atoms with Crippen molar-refractivity contribution in [2.24, 2.45) is 5.41 Å². The maximum Gasteiger partial charge on any atom is 0.303 e. The molecule has 0 atom stereocenters. The summed E-state index contributed by atoms with van der Waals surface area (Å²) in [5, 5.41) is 1.06. The zero-order valence-electron chi connectivity index (χ0n) is 78.4. The van der Waals surface area contributed by atoms with Crippen LogP contribution in [0.25, 0.3) is 11.1 Å². The van der Waals surface area contributed by atoms with E-state index in [9.17, 15) is 28.8 Å². The predicted molar refractivity (Wildman–Crippen MR) is 519 cm³/mol. The van der Waals surface area contributed by atoms with Crippen molar-refractivity contribution in [1.29, 1.82) is 0 Å². The number of carbonyl (C=O) groups excluding carboxylic acids is 6. The first-order valence-corrected chi connectivity index (χ1v) is 46.5. The fraction of sp³-hybridized carbons (Fsp3) is 0.448. The molecule has 0 unspecified atom stereocenters. The van der Waals surface area contributed by atoms with E-state index >= 15 is 0 Å². The van der Waals surface area contributed by atoms with Crippen LogP contribution in [0.2, 0.25) is 35.8 Å². The van der Waals surface area contributed by atoms with Crippen molar-refractivity contribution in [3.63, 3.8) is 0 Å². The number of rotatable bonds is 17. The number of aryl methyl sites for hydroxylation is 2. The lowest BCUT2D eigenvalue weighted by Crippen LogP contribution is -2.32. The van der Waals surface area contributed by atoms with Gasteiger partial charge in [0.1, 0.15) is 31.2 Å². The van der Waals surface area contributed by atoms with Crippen LogP contribution < -0.4 is 4.74 Å². The summed E-state index contributed by atoms with van der Waals surface area (Å²) in [7, 11) is 2.10. The number of esters is 6. The molecule has 8 aromatic carbocycles. The molecule has 0 fully saturated rings. The maximum atomic E-state index is 11.0. The van der Waals surface area contributed by atoms with Crippen molar-refractivity contribution < 1.29 is 61.9 Å². The van der Waals surface area contributed by atoms with Gasteiger partial charge in [-0.1, -0.05) is 376 Å². The van der Waals surface area contributed by atoms with Crippen molar-refractivity contribution in [2.45, 2.75) is 273 Å². The number of hydrogen-bond donors (Lipinski definition) is 0. The van der Waals surface area contributed by atoms with Crippen LogP contribution in [0, 0.1) is 5.41 Å². The zero-order valence-corrected chi connectivity index (χ0v) is 80.8. The highest BCUT2D eigenvalue weighted by atomic mass is 28.3. The van der Waals surface area contributed by atoms with Gasteiger partial charge in [-0.3, -0.25) is 28.8 Å². The monoisotopic (exact) mass is 1690 g/mol. The molecule has 0 spiro atoms. The summed E-state index contributed by atoms with van der Waals surface area (Å²) in [5.74, 6) is -0.264. The van der Waals surface area contributed by atoms with Crippen molar-refractivity contribution in [1.82, 2.24) is 0 Å². The van der Waals surface area contributed by atoms with Gasteiger partial charge in [0, 0.05) is 70.5 Å². The van der Waals surface area contributed by atoms with Crippen molar-refractivity contribution >= 4 is 53.4 Å². The van der Waals surface area contributed by atoms with Crippen LogP contribution in [-0.2, 0) is 82.1 Å². The number of hydrogen-bond acceptors (Lipinski definition) is 13. The normalized spacial score (nSPS) is 10.4. The zero-order chi connectivity index (χ0) is 91.0. The van der Waals surface area contributed by atoms with E-state index in [1.54, 1.807) is 7.11 Å². The quantitative estimate of drug-likeness (QED) is 0.0211. The van der Waals surface area contributed by atoms with Gasteiger partial charge in [0.25, 0.3) is 0 Å². The highest BCUT2D eigenvalue weighted by Crippen LogP contribution is 2.45. The lowest BCUT2D eigenvalue weighted by molar-refractivity contribution is -0.152. The predicted octanol–water partition coefficient (Wildman–Crippen LogP) is 27.7. The van der Waals surface area contributed by atoms with Gasteiger partial charge in [0.05, 0.1) is 20.8 Å².